The summed E-state index contributed by atoms with van der Waals surface area (Å²) in [6.45, 7) is 3.27. The summed E-state index contributed by atoms with van der Waals surface area (Å²) >= 11 is 5.91. The fourth-order valence-electron chi connectivity index (χ4n) is 2.42. The van der Waals surface area contributed by atoms with Crippen molar-refractivity contribution in [3.8, 4) is 0 Å². The van der Waals surface area contributed by atoms with Gasteiger partial charge >= 0.3 is 5.97 Å². The van der Waals surface area contributed by atoms with Crippen molar-refractivity contribution >= 4 is 39.2 Å². The van der Waals surface area contributed by atoms with Gasteiger partial charge < -0.3 is 10.1 Å². The molecule has 7 nitrogen and oxygen atoms in total. The Bertz CT molecular complexity index is 989. The van der Waals surface area contributed by atoms with E-state index in [0.29, 0.717) is 5.69 Å². The summed E-state index contributed by atoms with van der Waals surface area (Å²) in [6, 6.07) is 9.05. The van der Waals surface area contributed by atoms with E-state index in [1.165, 1.54) is 12.1 Å². The summed E-state index contributed by atoms with van der Waals surface area (Å²) < 4.78 is 27.8. The second-order valence-corrected chi connectivity index (χ2v) is 7.74. The van der Waals surface area contributed by atoms with Crippen LogP contribution in [0.4, 0.5) is 5.69 Å². The highest BCUT2D eigenvalue weighted by atomic mass is 35.5. The molecule has 2 aromatic carbocycles. The number of para-hydroxylation sites is 1. The number of sulfonamides is 1. The molecule has 0 radical (unpaired) electrons. The minimum Gasteiger partial charge on any atom is -0.452 e. The molecule has 2 aromatic rings. The maximum atomic E-state index is 12.2. The zero-order chi connectivity index (χ0) is 20.2. The van der Waals surface area contributed by atoms with Crippen molar-refractivity contribution in [3.63, 3.8) is 0 Å². The van der Waals surface area contributed by atoms with E-state index in [2.05, 4.69) is 5.32 Å². The highest BCUT2D eigenvalue weighted by molar-refractivity contribution is 7.89. The van der Waals surface area contributed by atoms with E-state index in [4.69, 9.17) is 21.5 Å². The van der Waals surface area contributed by atoms with Crippen LogP contribution in [0.5, 0.6) is 0 Å². The molecule has 144 valence electrons. The van der Waals surface area contributed by atoms with Gasteiger partial charge in [-0.25, -0.2) is 18.4 Å². The number of nitrogens with one attached hydrogen (secondary N) is 1. The molecule has 0 aromatic heterocycles. The second-order valence-electron chi connectivity index (χ2n) is 5.77. The number of carbonyl (C=O) groups is 2. The maximum absolute atomic E-state index is 12.2. The van der Waals surface area contributed by atoms with Crippen LogP contribution >= 0.6 is 11.6 Å². The summed E-state index contributed by atoms with van der Waals surface area (Å²) in [4.78, 5) is 24.0. The second kappa shape index (κ2) is 8.51. The van der Waals surface area contributed by atoms with E-state index in [9.17, 15) is 18.0 Å². The summed E-state index contributed by atoms with van der Waals surface area (Å²) in [6.07, 6.45) is 0.729. The molecule has 0 bridgehead atoms. The Labute approximate surface area is 162 Å². The molecule has 2 rings (SSSR count). The lowest BCUT2D eigenvalue weighted by Crippen LogP contribution is -2.22. The smallest absolute Gasteiger partial charge is 0.340 e. The Kier molecular flexibility index (Phi) is 6.59. The number of anilines is 1. The molecule has 27 heavy (non-hydrogen) atoms. The Balaban J connectivity index is 2.09. The van der Waals surface area contributed by atoms with Crippen molar-refractivity contribution in [2.75, 3.05) is 11.9 Å². The number of esters is 1. The molecule has 0 atom stereocenters. The van der Waals surface area contributed by atoms with Gasteiger partial charge in [0.1, 0.15) is 0 Å². The summed E-state index contributed by atoms with van der Waals surface area (Å²) in [5.41, 5.74) is 2.33. The average molecular weight is 411 g/mol. The monoisotopic (exact) mass is 410 g/mol. The van der Waals surface area contributed by atoms with Crippen LogP contribution in [0, 0.1) is 6.92 Å². The average Bonchev–Trinajstić information content (AvgIpc) is 2.60. The molecule has 9 heteroatoms. The predicted octanol–water partition coefficient (Wildman–Crippen LogP) is 2.65. The highest BCUT2D eigenvalue weighted by Gasteiger charge is 2.18. The predicted molar refractivity (Wildman–Crippen MR) is 102 cm³/mol. The molecule has 0 heterocycles. The molecular weight excluding hydrogens is 392 g/mol. The van der Waals surface area contributed by atoms with E-state index in [0.717, 1.165) is 23.6 Å². The normalized spacial score (nSPS) is 11.1. The van der Waals surface area contributed by atoms with Gasteiger partial charge in [0.2, 0.25) is 10.0 Å². The lowest BCUT2D eigenvalue weighted by Gasteiger charge is -2.13. The Morgan fingerprint density at radius 1 is 1.22 bits per heavy atom. The van der Waals surface area contributed by atoms with Gasteiger partial charge in [0.05, 0.1) is 15.5 Å². The van der Waals surface area contributed by atoms with Gasteiger partial charge in [-0.05, 0) is 42.7 Å². The minimum atomic E-state index is -4.01. The number of benzene rings is 2. The van der Waals surface area contributed by atoms with Gasteiger partial charge in [0.25, 0.3) is 5.91 Å². The van der Waals surface area contributed by atoms with E-state index in [1.807, 2.05) is 32.0 Å². The van der Waals surface area contributed by atoms with Crippen LogP contribution in [0.2, 0.25) is 5.02 Å². The largest absolute Gasteiger partial charge is 0.452 e. The first-order valence-electron chi connectivity index (χ1n) is 8.01. The number of primary sulfonamides is 1. The lowest BCUT2D eigenvalue weighted by atomic mass is 10.1. The molecule has 0 spiro atoms. The first-order chi connectivity index (χ1) is 12.6. The van der Waals surface area contributed by atoms with Crippen molar-refractivity contribution < 1.29 is 22.7 Å². The first kappa shape index (κ1) is 20.9. The number of amides is 1. The minimum absolute atomic E-state index is 0.0139. The Hall–Kier alpha value is -2.42. The van der Waals surface area contributed by atoms with Crippen LogP contribution in [0.1, 0.15) is 28.4 Å². The first-order valence-corrected chi connectivity index (χ1v) is 9.93. The zero-order valence-corrected chi connectivity index (χ0v) is 16.4. The summed E-state index contributed by atoms with van der Waals surface area (Å²) in [5.74, 6) is -1.45. The standard InChI is InChI=1S/C18H19ClN2O5S/c1-3-12-6-4-5-11(2)17(12)21-16(22)10-26-18(23)14-9-13(27(20,24)25)7-8-15(14)19/h4-9H,3,10H2,1-2H3,(H,21,22)(H2,20,24,25). The van der Waals surface area contributed by atoms with Gasteiger partial charge in [0.15, 0.2) is 6.61 Å². The van der Waals surface area contributed by atoms with Gasteiger partial charge in [0, 0.05) is 5.69 Å². The molecule has 0 saturated heterocycles. The third-order valence-electron chi connectivity index (χ3n) is 3.83. The molecule has 0 saturated carbocycles. The topological polar surface area (TPSA) is 116 Å². The van der Waals surface area contributed by atoms with E-state index in [1.54, 1.807) is 0 Å². The van der Waals surface area contributed by atoms with Crippen LogP contribution in [-0.2, 0) is 26.0 Å². The SMILES string of the molecule is CCc1cccc(C)c1NC(=O)COC(=O)c1cc(S(N)(=O)=O)ccc1Cl. The number of carbonyl (C=O) groups excluding carboxylic acids is 2. The number of ether oxygens (including phenoxy) is 1. The lowest BCUT2D eigenvalue weighted by molar-refractivity contribution is -0.119. The highest BCUT2D eigenvalue weighted by Crippen LogP contribution is 2.22. The van der Waals surface area contributed by atoms with E-state index < -0.39 is 28.5 Å². The molecule has 0 fully saturated rings. The van der Waals surface area contributed by atoms with Crippen molar-refractivity contribution in [3.05, 3.63) is 58.1 Å². The van der Waals surface area contributed by atoms with Gasteiger partial charge in [-0.15, -0.1) is 0 Å². The summed E-state index contributed by atoms with van der Waals surface area (Å²) in [7, 11) is -4.01. The van der Waals surface area contributed by atoms with Gasteiger partial charge in [-0.1, -0.05) is 36.7 Å². The third kappa shape index (κ3) is 5.29. The fraction of sp³-hybridized carbons (Fsp3) is 0.222. The van der Waals surface area contributed by atoms with E-state index in [-0.39, 0.29) is 15.5 Å². The van der Waals surface area contributed by atoms with Crippen LogP contribution in [0.15, 0.2) is 41.3 Å². The number of nitrogens with two attached hydrogens (primary N) is 1. The molecule has 3 N–H and O–H groups in total. The zero-order valence-electron chi connectivity index (χ0n) is 14.8. The maximum Gasteiger partial charge on any atom is 0.340 e. The Morgan fingerprint density at radius 2 is 1.93 bits per heavy atom. The molecular formula is C18H19ClN2O5S. The molecule has 1 amide bonds. The molecule has 0 unspecified atom stereocenters. The van der Waals surface area contributed by atoms with Crippen LogP contribution in [0.3, 0.4) is 0 Å². The third-order valence-corrected chi connectivity index (χ3v) is 5.07. The van der Waals surface area contributed by atoms with Crippen molar-refractivity contribution in [2.45, 2.75) is 25.2 Å². The number of aryl methyl sites for hydroxylation is 2. The van der Waals surface area contributed by atoms with Crippen LogP contribution < -0.4 is 10.5 Å². The fourth-order valence-corrected chi connectivity index (χ4v) is 3.16. The van der Waals surface area contributed by atoms with Crippen molar-refractivity contribution in [2.24, 2.45) is 5.14 Å². The van der Waals surface area contributed by atoms with E-state index >= 15 is 0 Å². The summed E-state index contributed by atoms with van der Waals surface area (Å²) in [5, 5.41) is 7.75. The molecule has 0 aliphatic heterocycles. The van der Waals surface area contributed by atoms with Gasteiger partial charge in [-0.2, -0.15) is 0 Å². The van der Waals surface area contributed by atoms with Gasteiger partial charge in [-0.3, -0.25) is 4.79 Å². The number of hydrogen-bond acceptors (Lipinski definition) is 5. The molecule has 0 aliphatic rings. The number of hydrogen-bond donors (Lipinski definition) is 2. The number of rotatable bonds is 6. The van der Waals surface area contributed by atoms with Crippen molar-refractivity contribution in [1.29, 1.82) is 0 Å². The Morgan fingerprint density at radius 3 is 2.56 bits per heavy atom. The molecule has 0 aliphatic carbocycles. The quantitative estimate of drug-likeness (QED) is 0.710. The number of halogens is 1. The van der Waals surface area contributed by atoms with Crippen molar-refractivity contribution in [1.82, 2.24) is 0 Å². The van der Waals surface area contributed by atoms with Crippen LogP contribution in [0.25, 0.3) is 0 Å². The van der Waals surface area contributed by atoms with Crippen LogP contribution in [-0.4, -0.2) is 26.9 Å².